The van der Waals surface area contributed by atoms with E-state index in [4.69, 9.17) is 4.74 Å². The second-order valence-electron chi connectivity index (χ2n) is 5.01. The van der Waals surface area contributed by atoms with Crippen LogP contribution >= 0.6 is 0 Å². The zero-order valence-corrected chi connectivity index (χ0v) is 11.4. The van der Waals surface area contributed by atoms with Crippen molar-refractivity contribution in [3.8, 4) is 5.75 Å². The Balaban J connectivity index is 1.81. The molecule has 5 nitrogen and oxygen atoms in total. The van der Waals surface area contributed by atoms with Gasteiger partial charge in [0.05, 0.1) is 17.9 Å². The number of rotatable bonds is 3. The van der Waals surface area contributed by atoms with E-state index in [0.717, 1.165) is 17.9 Å². The molecule has 1 aromatic carbocycles. The molecular weight excluding hydrogens is 264 g/mol. The Morgan fingerprint density at radius 2 is 2.11 bits per heavy atom. The predicted molar refractivity (Wildman–Crippen MR) is 72.6 cm³/mol. The number of sulfonamides is 1. The highest BCUT2D eigenvalue weighted by atomic mass is 32.2. The lowest BCUT2D eigenvalue weighted by atomic mass is 10.0. The summed E-state index contributed by atoms with van der Waals surface area (Å²) >= 11 is 0. The van der Waals surface area contributed by atoms with Gasteiger partial charge < -0.3 is 10.1 Å². The van der Waals surface area contributed by atoms with Crippen molar-refractivity contribution in [2.75, 3.05) is 19.7 Å². The summed E-state index contributed by atoms with van der Waals surface area (Å²) < 4.78 is 33.0. The normalized spacial score (nSPS) is 26.7. The molecule has 2 unspecified atom stereocenters. The van der Waals surface area contributed by atoms with Gasteiger partial charge in [0, 0.05) is 18.5 Å². The summed E-state index contributed by atoms with van der Waals surface area (Å²) in [4.78, 5) is 0. The first-order valence-electron chi connectivity index (χ1n) is 6.60. The van der Waals surface area contributed by atoms with Gasteiger partial charge in [-0.05, 0) is 19.0 Å². The molecule has 2 N–H and O–H groups in total. The second-order valence-corrected chi connectivity index (χ2v) is 7.00. The van der Waals surface area contributed by atoms with Gasteiger partial charge in [-0.25, -0.2) is 13.1 Å². The van der Waals surface area contributed by atoms with E-state index < -0.39 is 10.0 Å². The van der Waals surface area contributed by atoms with E-state index in [9.17, 15) is 8.42 Å². The number of hydrogen-bond acceptors (Lipinski definition) is 4. The van der Waals surface area contributed by atoms with Gasteiger partial charge in [-0.1, -0.05) is 18.2 Å². The molecule has 0 spiro atoms. The smallest absolute Gasteiger partial charge is 0.216 e. The fourth-order valence-electron chi connectivity index (χ4n) is 2.65. The highest BCUT2D eigenvalue weighted by molar-refractivity contribution is 7.90. The van der Waals surface area contributed by atoms with Crippen molar-refractivity contribution in [1.82, 2.24) is 10.0 Å². The van der Waals surface area contributed by atoms with Gasteiger partial charge in [0.15, 0.2) is 0 Å². The van der Waals surface area contributed by atoms with Crippen LogP contribution in [-0.4, -0.2) is 33.4 Å². The summed E-state index contributed by atoms with van der Waals surface area (Å²) in [5, 5.41) is 2.77. The molecule has 104 valence electrons. The Morgan fingerprint density at radius 1 is 1.26 bits per heavy atom. The van der Waals surface area contributed by atoms with Crippen LogP contribution in [0.3, 0.4) is 0 Å². The Hall–Kier alpha value is -1.11. The molecule has 2 aliphatic rings. The van der Waals surface area contributed by atoms with Gasteiger partial charge in [0.2, 0.25) is 10.0 Å². The minimum absolute atomic E-state index is 0.171. The molecule has 0 bridgehead atoms. The van der Waals surface area contributed by atoms with Crippen molar-refractivity contribution in [3.05, 3.63) is 29.8 Å². The summed E-state index contributed by atoms with van der Waals surface area (Å²) in [6, 6.07) is 7.44. The number of fused-ring (bicyclic) bond motifs is 1. The SMILES string of the molecule is O=S(=O)(NC1CCOc2ccccc21)C1CCNC1. The summed E-state index contributed by atoms with van der Waals surface area (Å²) in [5.41, 5.74) is 0.934. The Labute approximate surface area is 113 Å². The van der Waals surface area contributed by atoms with Gasteiger partial charge in [-0.15, -0.1) is 0 Å². The molecule has 1 fully saturated rings. The fraction of sp³-hybridized carbons (Fsp3) is 0.538. The van der Waals surface area contributed by atoms with E-state index in [2.05, 4.69) is 10.0 Å². The van der Waals surface area contributed by atoms with Crippen LogP contribution in [0.25, 0.3) is 0 Å². The molecule has 0 amide bonds. The largest absolute Gasteiger partial charge is 0.493 e. The topological polar surface area (TPSA) is 67.4 Å². The third kappa shape index (κ3) is 2.61. The minimum Gasteiger partial charge on any atom is -0.493 e. The highest BCUT2D eigenvalue weighted by Gasteiger charge is 2.32. The van der Waals surface area contributed by atoms with Crippen molar-refractivity contribution >= 4 is 10.0 Å². The van der Waals surface area contributed by atoms with E-state index in [0.29, 0.717) is 26.0 Å². The number of para-hydroxylation sites is 1. The van der Waals surface area contributed by atoms with E-state index in [1.54, 1.807) is 0 Å². The molecule has 2 aliphatic heterocycles. The molecule has 0 saturated carbocycles. The van der Waals surface area contributed by atoms with Gasteiger partial charge in [0.25, 0.3) is 0 Å². The van der Waals surface area contributed by atoms with E-state index >= 15 is 0 Å². The molecule has 0 aliphatic carbocycles. The third-order valence-corrected chi connectivity index (χ3v) is 5.61. The molecule has 6 heteroatoms. The summed E-state index contributed by atoms with van der Waals surface area (Å²) in [6.07, 6.45) is 1.36. The van der Waals surface area contributed by atoms with Gasteiger partial charge in [-0.2, -0.15) is 0 Å². The molecule has 0 radical (unpaired) electrons. The number of nitrogens with one attached hydrogen (secondary N) is 2. The first-order chi connectivity index (χ1) is 9.17. The first kappa shape index (κ1) is 12.9. The molecule has 19 heavy (non-hydrogen) atoms. The van der Waals surface area contributed by atoms with Crippen LogP contribution in [0.4, 0.5) is 0 Å². The number of benzene rings is 1. The lowest BCUT2D eigenvalue weighted by molar-refractivity contribution is 0.263. The van der Waals surface area contributed by atoms with Gasteiger partial charge in [-0.3, -0.25) is 0 Å². The minimum atomic E-state index is -3.27. The first-order valence-corrected chi connectivity index (χ1v) is 8.15. The number of ether oxygens (including phenoxy) is 1. The monoisotopic (exact) mass is 282 g/mol. The lowest BCUT2D eigenvalue weighted by Crippen LogP contribution is -2.39. The molecule has 0 aromatic heterocycles. The quantitative estimate of drug-likeness (QED) is 0.860. The highest BCUT2D eigenvalue weighted by Crippen LogP contribution is 2.32. The maximum atomic E-state index is 12.3. The Kier molecular flexibility index (Phi) is 3.47. The fourth-order valence-corrected chi connectivity index (χ4v) is 4.25. The molecule has 2 heterocycles. The molecular formula is C13H18N2O3S. The van der Waals surface area contributed by atoms with Crippen LogP contribution in [0.15, 0.2) is 24.3 Å². The van der Waals surface area contributed by atoms with Crippen molar-refractivity contribution in [1.29, 1.82) is 0 Å². The summed E-state index contributed by atoms with van der Waals surface area (Å²) in [5.74, 6) is 0.783. The van der Waals surface area contributed by atoms with Gasteiger partial charge >= 0.3 is 0 Å². The van der Waals surface area contributed by atoms with Gasteiger partial charge in [0.1, 0.15) is 5.75 Å². The Morgan fingerprint density at radius 3 is 2.89 bits per heavy atom. The molecule has 1 saturated heterocycles. The number of hydrogen-bond donors (Lipinski definition) is 2. The van der Waals surface area contributed by atoms with Crippen molar-refractivity contribution in [2.45, 2.75) is 24.1 Å². The summed E-state index contributed by atoms with van der Waals surface area (Å²) in [7, 11) is -3.27. The average Bonchev–Trinajstić information content (AvgIpc) is 2.93. The maximum Gasteiger partial charge on any atom is 0.216 e. The van der Waals surface area contributed by atoms with E-state index in [1.807, 2.05) is 24.3 Å². The van der Waals surface area contributed by atoms with Crippen LogP contribution < -0.4 is 14.8 Å². The third-order valence-electron chi connectivity index (χ3n) is 3.72. The van der Waals surface area contributed by atoms with Crippen LogP contribution in [0.1, 0.15) is 24.4 Å². The average molecular weight is 282 g/mol. The van der Waals surface area contributed by atoms with Crippen LogP contribution in [0.5, 0.6) is 5.75 Å². The molecule has 3 rings (SSSR count). The second kappa shape index (κ2) is 5.11. The Bertz CT molecular complexity index is 553. The lowest BCUT2D eigenvalue weighted by Gasteiger charge is -2.27. The standard InChI is InChI=1S/C13H18N2O3S/c16-19(17,10-5-7-14-9-10)15-12-6-8-18-13-4-2-1-3-11(12)13/h1-4,10,12,14-15H,5-9H2. The van der Waals surface area contributed by atoms with Crippen LogP contribution in [0, 0.1) is 0 Å². The summed E-state index contributed by atoms with van der Waals surface area (Å²) in [6.45, 7) is 1.86. The maximum absolute atomic E-state index is 12.3. The van der Waals surface area contributed by atoms with Crippen LogP contribution in [0.2, 0.25) is 0 Å². The molecule has 2 atom stereocenters. The van der Waals surface area contributed by atoms with Crippen molar-refractivity contribution in [2.24, 2.45) is 0 Å². The molecule has 1 aromatic rings. The van der Waals surface area contributed by atoms with Crippen molar-refractivity contribution in [3.63, 3.8) is 0 Å². The zero-order valence-electron chi connectivity index (χ0n) is 10.6. The van der Waals surface area contributed by atoms with Crippen molar-refractivity contribution < 1.29 is 13.2 Å². The zero-order chi connectivity index (χ0) is 13.3. The predicted octanol–water partition coefficient (Wildman–Crippen LogP) is 0.791. The van der Waals surface area contributed by atoms with Crippen LogP contribution in [-0.2, 0) is 10.0 Å². The van der Waals surface area contributed by atoms with E-state index in [-0.39, 0.29) is 11.3 Å². The van der Waals surface area contributed by atoms with E-state index in [1.165, 1.54) is 0 Å².